The van der Waals surface area contributed by atoms with Crippen molar-refractivity contribution < 1.29 is 24.0 Å². The van der Waals surface area contributed by atoms with Crippen molar-refractivity contribution in [2.75, 3.05) is 18.5 Å². The van der Waals surface area contributed by atoms with E-state index in [1.807, 2.05) is 30.3 Å². The summed E-state index contributed by atoms with van der Waals surface area (Å²) in [5.74, 6) is -1.56. The van der Waals surface area contributed by atoms with Gasteiger partial charge in [0, 0.05) is 30.4 Å². The van der Waals surface area contributed by atoms with Gasteiger partial charge in [0.05, 0.1) is 11.3 Å². The fourth-order valence-electron chi connectivity index (χ4n) is 2.39. The van der Waals surface area contributed by atoms with Gasteiger partial charge in [0.1, 0.15) is 0 Å². The molecule has 30 heavy (non-hydrogen) atoms. The van der Waals surface area contributed by atoms with Crippen molar-refractivity contribution in [2.24, 2.45) is 0 Å². The highest BCUT2D eigenvalue weighted by molar-refractivity contribution is 5.94. The summed E-state index contributed by atoms with van der Waals surface area (Å²) >= 11 is 0. The van der Waals surface area contributed by atoms with Crippen LogP contribution in [0.5, 0.6) is 0 Å². The van der Waals surface area contributed by atoms with E-state index in [1.165, 1.54) is 24.3 Å². The van der Waals surface area contributed by atoms with Gasteiger partial charge in [-0.3, -0.25) is 24.5 Å². The molecule has 2 amide bonds. The average Bonchev–Trinajstić information content (AvgIpc) is 2.73. The minimum absolute atomic E-state index is 0.0693. The first kappa shape index (κ1) is 22.3. The Balaban J connectivity index is 1.68. The zero-order chi connectivity index (χ0) is 21.9. The molecule has 0 spiro atoms. The molecule has 0 aliphatic carbocycles. The molecule has 0 atom stereocenters. The van der Waals surface area contributed by atoms with Crippen LogP contribution in [0.15, 0.2) is 54.6 Å². The summed E-state index contributed by atoms with van der Waals surface area (Å²) in [5, 5.41) is 15.8. The third-order valence-electron chi connectivity index (χ3n) is 3.91. The number of non-ortho nitro benzene ring substituents is 1. The second kappa shape index (κ2) is 11.1. The van der Waals surface area contributed by atoms with Gasteiger partial charge in [-0.1, -0.05) is 30.3 Å². The number of ether oxygens (including phenoxy) is 1. The minimum Gasteiger partial charge on any atom is -0.456 e. The number of nitro groups is 1. The molecule has 2 N–H and O–H groups in total. The van der Waals surface area contributed by atoms with Crippen LogP contribution in [0.3, 0.4) is 0 Å². The number of aryl methyl sites for hydroxylation is 1. The number of amides is 2. The van der Waals surface area contributed by atoms with Gasteiger partial charge in [0.15, 0.2) is 6.61 Å². The number of benzene rings is 2. The Morgan fingerprint density at radius 1 is 1.13 bits per heavy atom. The first-order valence-corrected chi connectivity index (χ1v) is 9.06. The molecule has 2 rings (SSSR count). The molecule has 156 valence electrons. The van der Waals surface area contributed by atoms with Crippen molar-refractivity contribution in [3.63, 3.8) is 0 Å². The summed E-state index contributed by atoms with van der Waals surface area (Å²) in [6.07, 6.45) is 2.92. The van der Waals surface area contributed by atoms with Crippen LogP contribution >= 0.6 is 0 Å². The van der Waals surface area contributed by atoms with Gasteiger partial charge >= 0.3 is 5.97 Å². The Hall–Kier alpha value is -4.01. The maximum Gasteiger partial charge on any atom is 0.308 e. The summed E-state index contributed by atoms with van der Waals surface area (Å²) in [6.45, 7) is 1.18. The van der Waals surface area contributed by atoms with Crippen molar-refractivity contribution in [3.8, 4) is 0 Å². The van der Waals surface area contributed by atoms with Crippen molar-refractivity contribution in [1.82, 2.24) is 5.32 Å². The van der Waals surface area contributed by atoms with E-state index in [9.17, 15) is 24.5 Å². The van der Waals surface area contributed by atoms with Gasteiger partial charge in [-0.05, 0) is 30.2 Å². The molecule has 9 heteroatoms. The van der Waals surface area contributed by atoms with E-state index in [0.717, 1.165) is 5.56 Å². The topological polar surface area (TPSA) is 128 Å². The molecule has 0 radical (unpaired) electrons. The largest absolute Gasteiger partial charge is 0.456 e. The van der Waals surface area contributed by atoms with Gasteiger partial charge in [-0.25, -0.2) is 0 Å². The predicted octanol–water partition coefficient (Wildman–Crippen LogP) is 2.60. The van der Waals surface area contributed by atoms with E-state index in [2.05, 4.69) is 10.6 Å². The van der Waals surface area contributed by atoms with Gasteiger partial charge in [-0.15, -0.1) is 0 Å². The number of nitrogens with one attached hydrogen (secondary N) is 2. The normalized spacial score (nSPS) is 10.4. The Morgan fingerprint density at radius 2 is 1.87 bits per heavy atom. The van der Waals surface area contributed by atoms with Crippen molar-refractivity contribution in [1.29, 1.82) is 0 Å². The smallest absolute Gasteiger partial charge is 0.308 e. The van der Waals surface area contributed by atoms with Crippen LogP contribution in [0.4, 0.5) is 11.4 Å². The molecule has 0 saturated carbocycles. The van der Waals surface area contributed by atoms with Gasteiger partial charge in [-0.2, -0.15) is 0 Å². The van der Waals surface area contributed by atoms with Crippen LogP contribution in [0.1, 0.15) is 17.5 Å². The van der Waals surface area contributed by atoms with Gasteiger partial charge in [0.2, 0.25) is 5.91 Å². The molecular weight excluding hydrogens is 390 g/mol. The molecule has 0 aliphatic heterocycles. The number of anilines is 1. The summed E-state index contributed by atoms with van der Waals surface area (Å²) in [4.78, 5) is 45.5. The highest BCUT2D eigenvalue weighted by atomic mass is 16.6. The first-order valence-electron chi connectivity index (χ1n) is 9.06. The second-order valence-corrected chi connectivity index (χ2v) is 6.25. The van der Waals surface area contributed by atoms with E-state index >= 15 is 0 Å². The van der Waals surface area contributed by atoms with Crippen LogP contribution in [-0.4, -0.2) is 35.9 Å². The lowest BCUT2D eigenvalue weighted by atomic mass is 10.2. The Morgan fingerprint density at radius 3 is 2.53 bits per heavy atom. The molecule has 2 aromatic carbocycles. The van der Waals surface area contributed by atoms with Crippen LogP contribution in [0.2, 0.25) is 0 Å². The molecule has 0 aromatic heterocycles. The fraction of sp³-hybridized carbons (Fsp3) is 0.190. The molecule has 0 bridgehead atoms. The molecular formula is C21H21N3O6. The zero-order valence-corrected chi connectivity index (χ0v) is 16.3. The number of hydrogen-bond donors (Lipinski definition) is 2. The standard InChI is InChI=1S/C21H21N3O6/c1-15-13-17(24(28)29)8-9-18(15)23-20(26)14-30-21(27)11-12-22-19(25)10-7-16-5-3-2-4-6-16/h2-10,13H,11-12,14H2,1H3,(H,22,25)(H,23,26)/b10-7+. The highest BCUT2D eigenvalue weighted by Crippen LogP contribution is 2.21. The maximum absolute atomic E-state index is 11.9. The first-order chi connectivity index (χ1) is 14.3. The molecule has 0 unspecified atom stereocenters. The monoisotopic (exact) mass is 411 g/mol. The third kappa shape index (κ3) is 7.55. The van der Waals surface area contributed by atoms with E-state index in [4.69, 9.17) is 4.74 Å². The van der Waals surface area contributed by atoms with E-state index < -0.39 is 23.4 Å². The fourth-order valence-corrected chi connectivity index (χ4v) is 2.39. The number of nitrogens with zero attached hydrogens (tertiary/aromatic N) is 1. The predicted molar refractivity (Wildman–Crippen MR) is 111 cm³/mol. The minimum atomic E-state index is -0.641. The van der Waals surface area contributed by atoms with Crippen LogP contribution in [0.25, 0.3) is 6.08 Å². The number of esters is 1. The number of carbonyl (C=O) groups is 3. The molecule has 0 heterocycles. The zero-order valence-electron chi connectivity index (χ0n) is 16.3. The van der Waals surface area contributed by atoms with Gasteiger partial charge in [0.25, 0.3) is 11.6 Å². The molecule has 2 aromatic rings. The van der Waals surface area contributed by atoms with Crippen molar-refractivity contribution in [2.45, 2.75) is 13.3 Å². The van der Waals surface area contributed by atoms with Crippen LogP contribution in [0, 0.1) is 17.0 Å². The van der Waals surface area contributed by atoms with Crippen LogP contribution < -0.4 is 10.6 Å². The molecule has 9 nitrogen and oxygen atoms in total. The lowest BCUT2D eigenvalue weighted by Gasteiger charge is -2.09. The summed E-state index contributed by atoms with van der Waals surface area (Å²) in [7, 11) is 0. The summed E-state index contributed by atoms with van der Waals surface area (Å²) in [6, 6.07) is 13.3. The quantitative estimate of drug-likeness (QED) is 0.283. The Kier molecular flexibility index (Phi) is 8.25. The lowest BCUT2D eigenvalue weighted by Crippen LogP contribution is -2.26. The lowest BCUT2D eigenvalue weighted by molar-refractivity contribution is -0.384. The SMILES string of the molecule is Cc1cc([N+](=O)[O-])ccc1NC(=O)COC(=O)CCNC(=O)/C=C/c1ccccc1. The molecule has 0 aliphatic rings. The van der Waals surface area contributed by atoms with E-state index in [0.29, 0.717) is 11.3 Å². The Bertz CT molecular complexity index is 956. The third-order valence-corrected chi connectivity index (χ3v) is 3.91. The number of nitro benzene ring substituents is 1. The molecule has 0 fully saturated rings. The highest BCUT2D eigenvalue weighted by Gasteiger charge is 2.12. The summed E-state index contributed by atoms with van der Waals surface area (Å²) in [5.41, 5.74) is 1.69. The molecule has 0 saturated heterocycles. The Labute approximate surface area is 172 Å². The van der Waals surface area contributed by atoms with E-state index in [1.54, 1.807) is 13.0 Å². The second-order valence-electron chi connectivity index (χ2n) is 6.25. The van der Waals surface area contributed by atoms with Crippen molar-refractivity contribution in [3.05, 3.63) is 75.8 Å². The number of hydrogen-bond acceptors (Lipinski definition) is 6. The maximum atomic E-state index is 11.9. The summed E-state index contributed by atoms with van der Waals surface area (Å²) < 4.78 is 4.86. The number of carbonyl (C=O) groups excluding carboxylic acids is 3. The van der Waals surface area contributed by atoms with E-state index in [-0.39, 0.29) is 24.6 Å². The number of rotatable bonds is 9. The van der Waals surface area contributed by atoms with Gasteiger partial charge < -0.3 is 15.4 Å². The average molecular weight is 411 g/mol. The van der Waals surface area contributed by atoms with Crippen molar-refractivity contribution >= 4 is 35.2 Å². The van der Waals surface area contributed by atoms with Crippen LogP contribution in [-0.2, 0) is 19.1 Å².